The first-order valence-electron chi connectivity index (χ1n) is 13.5. The molecule has 3 N–H and O–H groups in total. The van der Waals surface area contributed by atoms with Crippen LogP contribution in [0.2, 0.25) is 0 Å². The summed E-state index contributed by atoms with van der Waals surface area (Å²) in [6.07, 6.45) is 11.6. The monoisotopic (exact) mass is 444 g/mol. The largest absolute Gasteiger partial charge is 0.396 e. The van der Waals surface area contributed by atoms with E-state index in [4.69, 9.17) is 0 Å². The van der Waals surface area contributed by atoms with Crippen LogP contribution in [0.15, 0.2) is 11.6 Å². The first-order valence-corrected chi connectivity index (χ1v) is 13.5. The summed E-state index contributed by atoms with van der Waals surface area (Å²) in [6.45, 7) is 14.8. The minimum atomic E-state index is -0.425. The molecule has 5 aliphatic rings. The fourth-order valence-corrected chi connectivity index (χ4v) is 10.3. The van der Waals surface area contributed by atoms with Gasteiger partial charge in [0.15, 0.2) is 0 Å². The highest BCUT2D eigenvalue weighted by atomic mass is 16.3. The Bertz CT molecular complexity index is 802. The van der Waals surface area contributed by atoms with E-state index in [1.54, 1.807) is 0 Å². The number of hydrogen-bond acceptors (Lipinski definition) is 3. The minimum Gasteiger partial charge on any atom is -0.396 e. The van der Waals surface area contributed by atoms with E-state index in [1.165, 1.54) is 18.4 Å². The molecule has 0 aliphatic heterocycles. The lowest BCUT2D eigenvalue weighted by Gasteiger charge is -2.70. The molecule has 0 heterocycles. The summed E-state index contributed by atoms with van der Waals surface area (Å²) in [5.74, 6) is 1.45. The van der Waals surface area contributed by atoms with Gasteiger partial charge in [-0.05, 0) is 109 Å². The Morgan fingerprint density at radius 1 is 0.875 bits per heavy atom. The van der Waals surface area contributed by atoms with Gasteiger partial charge in [0.1, 0.15) is 0 Å². The maximum absolute atomic E-state index is 11.9. The molecule has 32 heavy (non-hydrogen) atoms. The zero-order valence-corrected chi connectivity index (χ0v) is 21.5. The van der Waals surface area contributed by atoms with Crippen LogP contribution < -0.4 is 0 Å². The van der Waals surface area contributed by atoms with Crippen molar-refractivity contribution >= 4 is 0 Å². The minimum absolute atomic E-state index is 0.00700. The van der Waals surface area contributed by atoms with E-state index in [0.717, 1.165) is 44.9 Å². The van der Waals surface area contributed by atoms with Gasteiger partial charge >= 0.3 is 0 Å². The van der Waals surface area contributed by atoms with Crippen LogP contribution in [0, 0.1) is 50.7 Å². The van der Waals surface area contributed by atoms with Crippen LogP contribution in [-0.4, -0.2) is 34.1 Å². The molecule has 0 aromatic rings. The fraction of sp³-hybridized carbons (Fsp3) is 0.931. The quantitative estimate of drug-likeness (QED) is 0.453. The zero-order chi connectivity index (χ0) is 23.3. The van der Waals surface area contributed by atoms with Gasteiger partial charge in [0.25, 0.3) is 0 Å². The predicted molar refractivity (Wildman–Crippen MR) is 129 cm³/mol. The molecule has 0 bridgehead atoms. The van der Waals surface area contributed by atoms with Crippen molar-refractivity contribution in [1.29, 1.82) is 0 Å². The molecule has 5 rings (SSSR count). The Labute approximate surface area is 196 Å². The van der Waals surface area contributed by atoms with Gasteiger partial charge in [0.05, 0.1) is 12.2 Å². The van der Waals surface area contributed by atoms with E-state index in [1.807, 2.05) is 0 Å². The first kappa shape index (κ1) is 23.4. The molecule has 182 valence electrons. The molecule has 0 amide bonds. The van der Waals surface area contributed by atoms with E-state index in [0.29, 0.717) is 17.8 Å². The molecule has 5 aliphatic carbocycles. The summed E-state index contributed by atoms with van der Waals surface area (Å²) in [4.78, 5) is 0. The molecular weight excluding hydrogens is 396 g/mol. The van der Waals surface area contributed by atoms with Crippen molar-refractivity contribution in [2.45, 2.75) is 112 Å². The maximum atomic E-state index is 11.9. The van der Waals surface area contributed by atoms with Crippen LogP contribution in [0.25, 0.3) is 0 Å². The highest BCUT2D eigenvalue weighted by Crippen LogP contribution is 2.74. The maximum Gasteiger partial charge on any atom is 0.0760 e. The normalized spacial score (nSPS) is 56.8. The van der Waals surface area contributed by atoms with Gasteiger partial charge in [0.2, 0.25) is 0 Å². The van der Waals surface area contributed by atoms with Crippen LogP contribution in [0.1, 0.15) is 99.3 Å². The topological polar surface area (TPSA) is 60.7 Å². The Morgan fingerprint density at radius 3 is 2.25 bits per heavy atom. The van der Waals surface area contributed by atoms with Gasteiger partial charge in [-0.2, -0.15) is 0 Å². The molecule has 0 aromatic carbocycles. The van der Waals surface area contributed by atoms with Gasteiger partial charge in [-0.25, -0.2) is 0 Å². The number of fused-ring (bicyclic) bond motifs is 7. The third-order valence-corrected chi connectivity index (χ3v) is 12.6. The second-order valence-corrected chi connectivity index (χ2v) is 14.4. The first-order chi connectivity index (χ1) is 14.8. The Hall–Kier alpha value is -0.380. The highest BCUT2D eigenvalue weighted by Gasteiger charge is 2.68. The summed E-state index contributed by atoms with van der Waals surface area (Å²) in [5, 5.41) is 33.1. The van der Waals surface area contributed by atoms with E-state index in [9.17, 15) is 15.3 Å². The van der Waals surface area contributed by atoms with Gasteiger partial charge in [-0.1, -0.05) is 53.2 Å². The Kier molecular flexibility index (Phi) is 5.17. The van der Waals surface area contributed by atoms with Crippen LogP contribution in [0.3, 0.4) is 0 Å². The van der Waals surface area contributed by atoms with Crippen LogP contribution in [-0.2, 0) is 0 Å². The van der Waals surface area contributed by atoms with Gasteiger partial charge < -0.3 is 15.3 Å². The summed E-state index contributed by atoms with van der Waals surface area (Å²) in [5.41, 5.74) is 2.02. The van der Waals surface area contributed by atoms with Gasteiger partial charge in [-0.3, -0.25) is 0 Å². The molecule has 0 saturated heterocycles. The average molecular weight is 445 g/mol. The smallest absolute Gasteiger partial charge is 0.0760 e. The zero-order valence-electron chi connectivity index (χ0n) is 21.5. The molecule has 0 radical (unpaired) electrons. The molecule has 3 nitrogen and oxygen atoms in total. The molecule has 2 unspecified atom stereocenters. The van der Waals surface area contributed by atoms with Crippen LogP contribution in [0.4, 0.5) is 0 Å². The number of rotatable bonds is 1. The van der Waals surface area contributed by atoms with E-state index >= 15 is 0 Å². The summed E-state index contributed by atoms with van der Waals surface area (Å²) in [7, 11) is 0. The molecule has 3 heteroatoms. The van der Waals surface area contributed by atoms with Crippen molar-refractivity contribution in [2.75, 3.05) is 6.61 Å². The van der Waals surface area contributed by atoms with Crippen molar-refractivity contribution in [3.8, 4) is 0 Å². The highest BCUT2D eigenvalue weighted by molar-refractivity contribution is 5.36. The fourth-order valence-electron chi connectivity index (χ4n) is 10.3. The summed E-state index contributed by atoms with van der Waals surface area (Å²) < 4.78 is 0. The predicted octanol–water partition coefficient (Wildman–Crippen LogP) is 5.72. The van der Waals surface area contributed by atoms with Crippen molar-refractivity contribution in [3.05, 3.63) is 11.6 Å². The van der Waals surface area contributed by atoms with E-state index in [-0.39, 0.29) is 45.7 Å². The van der Waals surface area contributed by atoms with Crippen molar-refractivity contribution in [2.24, 2.45) is 50.7 Å². The SMILES string of the molecule is C[C@@H]1[C@@H](O)CC[C@]2(C)C3=C[C@@H](O)C4C5CC(C)(C)CC[C@]5(CO)CC[C@@]4(C)[C@]3(C)CC[C@@H]12. The second-order valence-electron chi connectivity index (χ2n) is 14.4. The molecule has 0 spiro atoms. The van der Waals surface area contributed by atoms with Crippen LogP contribution >= 0.6 is 0 Å². The lowest BCUT2D eigenvalue weighted by molar-refractivity contribution is -0.198. The molecule has 0 aromatic heterocycles. The number of allylic oxidation sites excluding steroid dienone is 1. The van der Waals surface area contributed by atoms with Crippen molar-refractivity contribution < 1.29 is 15.3 Å². The number of aliphatic hydroxyl groups is 3. The third kappa shape index (κ3) is 2.83. The number of aliphatic hydroxyl groups excluding tert-OH is 3. The molecule has 4 fully saturated rings. The average Bonchev–Trinajstić information content (AvgIpc) is 2.72. The van der Waals surface area contributed by atoms with Crippen molar-refractivity contribution in [1.82, 2.24) is 0 Å². The summed E-state index contributed by atoms with van der Waals surface area (Å²) in [6, 6.07) is 0. The Balaban J connectivity index is 1.61. The number of hydrogen-bond donors (Lipinski definition) is 3. The lowest BCUT2D eigenvalue weighted by Crippen LogP contribution is -2.65. The third-order valence-electron chi connectivity index (χ3n) is 12.6. The van der Waals surface area contributed by atoms with E-state index in [2.05, 4.69) is 47.6 Å². The molecule has 10 atom stereocenters. The standard InChI is InChI=1S/C29H48O3/c1-18-19-7-10-27(5)23(26(19,4)9-8-21(18)31)15-22(32)24-20-16-25(2,3)11-13-29(20,17-30)14-12-28(24,27)6/h15,18-22,24,30-32H,7-14,16-17H2,1-6H3/t18-,19-,20?,21-,22+,24?,26-,27+,28+,29+/m0/s1. The van der Waals surface area contributed by atoms with Gasteiger partial charge in [-0.15, -0.1) is 0 Å². The molecular formula is C29H48O3. The van der Waals surface area contributed by atoms with Crippen molar-refractivity contribution in [3.63, 3.8) is 0 Å². The lowest BCUT2D eigenvalue weighted by atomic mass is 9.34. The van der Waals surface area contributed by atoms with Gasteiger partial charge in [0, 0.05) is 6.61 Å². The van der Waals surface area contributed by atoms with Crippen LogP contribution in [0.5, 0.6) is 0 Å². The van der Waals surface area contributed by atoms with E-state index < -0.39 is 6.10 Å². The second kappa shape index (κ2) is 7.08. The molecule has 4 saturated carbocycles. The summed E-state index contributed by atoms with van der Waals surface area (Å²) >= 11 is 0. The Morgan fingerprint density at radius 2 is 1.56 bits per heavy atom.